The summed E-state index contributed by atoms with van der Waals surface area (Å²) >= 11 is 0. The fourth-order valence-corrected chi connectivity index (χ4v) is 2.63. The molecule has 0 aromatic rings. The average molecular weight is 227 g/mol. The zero-order chi connectivity index (χ0) is 12.0. The zero-order valence-electron chi connectivity index (χ0n) is 11.2. The lowest BCUT2D eigenvalue weighted by molar-refractivity contribution is 0.117. The molecule has 0 amide bonds. The van der Waals surface area contributed by atoms with Crippen LogP contribution in [-0.4, -0.2) is 23.8 Å². The van der Waals surface area contributed by atoms with E-state index in [2.05, 4.69) is 26.1 Å². The Morgan fingerprint density at radius 2 is 2.06 bits per heavy atom. The minimum Gasteiger partial charge on any atom is -0.392 e. The summed E-state index contributed by atoms with van der Waals surface area (Å²) in [5, 5.41) is 13.4. The molecule has 1 aliphatic rings. The lowest BCUT2D eigenvalue weighted by Crippen LogP contribution is -2.39. The lowest BCUT2D eigenvalue weighted by Gasteiger charge is -2.23. The number of rotatable bonds is 7. The van der Waals surface area contributed by atoms with E-state index in [0.717, 1.165) is 12.5 Å². The predicted molar refractivity (Wildman–Crippen MR) is 69.5 cm³/mol. The van der Waals surface area contributed by atoms with Gasteiger partial charge >= 0.3 is 0 Å². The van der Waals surface area contributed by atoms with Crippen molar-refractivity contribution in [3.05, 3.63) is 0 Å². The van der Waals surface area contributed by atoms with E-state index in [-0.39, 0.29) is 6.10 Å². The highest BCUT2D eigenvalue weighted by atomic mass is 16.3. The van der Waals surface area contributed by atoms with Crippen molar-refractivity contribution in [3.8, 4) is 0 Å². The minimum absolute atomic E-state index is 0.188. The smallest absolute Gasteiger partial charge is 0.0687 e. The fourth-order valence-electron chi connectivity index (χ4n) is 2.63. The summed E-state index contributed by atoms with van der Waals surface area (Å²) in [6, 6.07) is 0.667. The van der Waals surface area contributed by atoms with E-state index < -0.39 is 0 Å². The van der Waals surface area contributed by atoms with Crippen molar-refractivity contribution in [2.45, 2.75) is 71.4 Å². The number of nitrogens with one attached hydrogen (secondary N) is 1. The summed E-state index contributed by atoms with van der Waals surface area (Å²) in [5.41, 5.74) is 0. The molecular weight excluding hydrogens is 198 g/mol. The molecule has 96 valence electrons. The first kappa shape index (κ1) is 14.0. The molecule has 0 aliphatic heterocycles. The van der Waals surface area contributed by atoms with Crippen LogP contribution < -0.4 is 5.32 Å². The second-order valence-corrected chi connectivity index (χ2v) is 5.66. The highest BCUT2D eigenvalue weighted by Crippen LogP contribution is 2.29. The van der Waals surface area contributed by atoms with Gasteiger partial charge in [-0.05, 0) is 31.1 Å². The molecule has 2 heteroatoms. The molecule has 0 heterocycles. The molecule has 2 nitrogen and oxygen atoms in total. The second kappa shape index (κ2) is 7.29. The van der Waals surface area contributed by atoms with Crippen LogP contribution in [0.4, 0.5) is 0 Å². The zero-order valence-corrected chi connectivity index (χ0v) is 11.2. The first-order chi connectivity index (χ1) is 7.65. The number of hydrogen-bond donors (Lipinski definition) is 2. The van der Waals surface area contributed by atoms with Gasteiger partial charge in [0.05, 0.1) is 6.10 Å². The minimum atomic E-state index is -0.188. The molecule has 0 aromatic heterocycles. The van der Waals surface area contributed by atoms with Crippen molar-refractivity contribution in [1.82, 2.24) is 5.32 Å². The first-order valence-corrected chi connectivity index (χ1v) is 7.06. The molecule has 16 heavy (non-hydrogen) atoms. The van der Waals surface area contributed by atoms with Crippen LogP contribution in [0.1, 0.15) is 59.3 Å². The first-order valence-electron chi connectivity index (χ1n) is 7.06. The number of hydrogen-bond acceptors (Lipinski definition) is 2. The molecule has 1 rings (SSSR count). The van der Waals surface area contributed by atoms with Gasteiger partial charge in [0.25, 0.3) is 0 Å². The average Bonchev–Trinajstić information content (AvgIpc) is 2.70. The van der Waals surface area contributed by atoms with Crippen molar-refractivity contribution in [2.75, 3.05) is 6.54 Å². The maximum Gasteiger partial charge on any atom is 0.0687 e. The molecule has 1 fully saturated rings. The number of unbranched alkanes of at least 4 members (excludes halogenated alkanes) is 1. The van der Waals surface area contributed by atoms with Gasteiger partial charge in [-0.3, -0.25) is 0 Å². The largest absolute Gasteiger partial charge is 0.392 e. The van der Waals surface area contributed by atoms with Crippen molar-refractivity contribution >= 4 is 0 Å². The van der Waals surface area contributed by atoms with Crippen LogP contribution in [0.5, 0.6) is 0 Å². The van der Waals surface area contributed by atoms with Crippen LogP contribution in [0.15, 0.2) is 0 Å². The topological polar surface area (TPSA) is 32.3 Å². The molecule has 0 spiro atoms. The van der Waals surface area contributed by atoms with E-state index in [1.807, 2.05) is 0 Å². The Balaban J connectivity index is 2.24. The van der Waals surface area contributed by atoms with Crippen LogP contribution in [-0.2, 0) is 0 Å². The summed E-state index contributed by atoms with van der Waals surface area (Å²) in [6.45, 7) is 7.19. The van der Waals surface area contributed by atoms with Gasteiger partial charge in [0.15, 0.2) is 0 Å². The molecule has 0 saturated heterocycles. The van der Waals surface area contributed by atoms with Crippen LogP contribution >= 0.6 is 0 Å². The molecule has 0 bridgehead atoms. The van der Waals surface area contributed by atoms with Crippen LogP contribution in [0.25, 0.3) is 0 Å². The summed E-state index contributed by atoms with van der Waals surface area (Å²) < 4.78 is 0. The molecule has 0 aromatic carbocycles. The molecule has 1 saturated carbocycles. The second-order valence-electron chi connectivity index (χ2n) is 5.66. The van der Waals surface area contributed by atoms with Gasteiger partial charge in [-0.25, -0.2) is 0 Å². The van der Waals surface area contributed by atoms with Gasteiger partial charge in [0.2, 0.25) is 0 Å². The van der Waals surface area contributed by atoms with Crippen molar-refractivity contribution in [2.24, 2.45) is 11.8 Å². The Bertz CT molecular complexity index is 182. The third kappa shape index (κ3) is 4.42. The van der Waals surface area contributed by atoms with E-state index in [9.17, 15) is 5.11 Å². The Kier molecular flexibility index (Phi) is 6.37. The molecule has 3 unspecified atom stereocenters. The highest BCUT2D eigenvalue weighted by Gasteiger charge is 2.26. The van der Waals surface area contributed by atoms with Gasteiger partial charge in [0, 0.05) is 12.6 Å². The van der Waals surface area contributed by atoms with E-state index in [0.29, 0.717) is 12.0 Å². The van der Waals surface area contributed by atoms with Crippen molar-refractivity contribution in [1.29, 1.82) is 0 Å². The van der Waals surface area contributed by atoms with Gasteiger partial charge < -0.3 is 10.4 Å². The summed E-state index contributed by atoms with van der Waals surface area (Å²) in [4.78, 5) is 0. The van der Waals surface area contributed by atoms with Crippen LogP contribution in [0.3, 0.4) is 0 Å². The summed E-state index contributed by atoms with van der Waals surface area (Å²) in [5.74, 6) is 1.22. The molecule has 0 radical (unpaired) electrons. The Morgan fingerprint density at radius 3 is 2.69 bits per heavy atom. The Morgan fingerprint density at radius 1 is 1.31 bits per heavy atom. The molecule has 2 N–H and O–H groups in total. The van der Waals surface area contributed by atoms with Crippen LogP contribution in [0.2, 0.25) is 0 Å². The molecular formula is C14H29NO. The van der Waals surface area contributed by atoms with E-state index in [4.69, 9.17) is 0 Å². The predicted octanol–water partition coefficient (Wildman–Crippen LogP) is 2.95. The third-order valence-corrected chi connectivity index (χ3v) is 3.95. The van der Waals surface area contributed by atoms with Gasteiger partial charge in [-0.15, -0.1) is 0 Å². The summed E-state index contributed by atoms with van der Waals surface area (Å²) in [6.07, 6.45) is 7.89. The van der Waals surface area contributed by atoms with Crippen molar-refractivity contribution in [3.63, 3.8) is 0 Å². The highest BCUT2D eigenvalue weighted by molar-refractivity contribution is 4.83. The Labute approximate surface area is 101 Å². The van der Waals surface area contributed by atoms with Gasteiger partial charge in [-0.2, -0.15) is 0 Å². The number of aliphatic hydroxyl groups excluding tert-OH is 1. The Hall–Kier alpha value is -0.0800. The fraction of sp³-hybridized carbons (Fsp3) is 1.00. The lowest BCUT2D eigenvalue weighted by atomic mass is 9.96. The van der Waals surface area contributed by atoms with Gasteiger partial charge in [-0.1, -0.05) is 40.0 Å². The quantitative estimate of drug-likeness (QED) is 0.701. The maximum absolute atomic E-state index is 9.79. The van der Waals surface area contributed by atoms with E-state index in [1.54, 1.807) is 0 Å². The standard InChI is InChI=1S/C14H29NO/c1-4-5-7-12-8-6-9-13(12)15-10-14(16)11(2)3/h11-16H,4-10H2,1-3H3. The van der Waals surface area contributed by atoms with Crippen LogP contribution in [0, 0.1) is 11.8 Å². The third-order valence-electron chi connectivity index (χ3n) is 3.95. The van der Waals surface area contributed by atoms with Crippen molar-refractivity contribution < 1.29 is 5.11 Å². The number of aliphatic hydroxyl groups is 1. The van der Waals surface area contributed by atoms with E-state index in [1.165, 1.54) is 38.5 Å². The maximum atomic E-state index is 9.79. The van der Waals surface area contributed by atoms with E-state index >= 15 is 0 Å². The SMILES string of the molecule is CCCCC1CCCC1NCC(O)C(C)C. The molecule has 3 atom stereocenters. The molecule has 1 aliphatic carbocycles. The van der Waals surface area contributed by atoms with Gasteiger partial charge in [0.1, 0.15) is 0 Å². The monoisotopic (exact) mass is 227 g/mol. The normalized spacial score (nSPS) is 27.6. The summed E-state index contributed by atoms with van der Waals surface area (Å²) in [7, 11) is 0.